The van der Waals surface area contributed by atoms with Crippen molar-refractivity contribution in [3.63, 3.8) is 0 Å². The number of morpholine rings is 1. The number of halogens is 3. The molecule has 27 heavy (non-hydrogen) atoms. The van der Waals surface area contributed by atoms with Crippen LogP contribution < -0.4 is 5.32 Å². The minimum Gasteiger partial charge on any atom is -0.379 e. The largest absolute Gasteiger partial charge is 0.433 e. The molecule has 3 rings (SSSR count). The number of amides is 1. The average molecular weight is 379 g/mol. The molecule has 1 fully saturated rings. The lowest BCUT2D eigenvalue weighted by molar-refractivity contribution is -0.141. The molecule has 1 N–H and O–H groups in total. The Kier molecular flexibility index (Phi) is 6.08. The van der Waals surface area contributed by atoms with Gasteiger partial charge in [-0.05, 0) is 23.3 Å². The average Bonchev–Trinajstić information content (AvgIpc) is 2.67. The molecule has 0 radical (unpaired) electrons. The molecule has 0 spiro atoms. The highest BCUT2D eigenvalue weighted by molar-refractivity contribution is 5.93. The molecule has 1 aromatic heterocycles. The SMILES string of the molecule is O=C(NCc1ccccc1CN1CCOCC1)c1ccc(C(F)(F)F)nc1. The molecular formula is C19H20F3N3O2. The summed E-state index contributed by atoms with van der Waals surface area (Å²) in [5.74, 6) is -0.461. The van der Waals surface area contributed by atoms with Crippen molar-refractivity contribution < 1.29 is 22.7 Å². The van der Waals surface area contributed by atoms with Gasteiger partial charge in [0.05, 0.1) is 18.8 Å². The number of hydrogen-bond donors (Lipinski definition) is 1. The van der Waals surface area contributed by atoms with Crippen molar-refractivity contribution in [2.45, 2.75) is 19.3 Å². The predicted octanol–water partition coefficient (Wildman–Crippen LogP) is 2.86. The number of nitrogens with zero attached hydrogens (tertiary/aromatic N) is 2. The fourth-order valence-corrected chi connectivity index (χ4v) is 2.86. The molecule has 1 aromatic carbocycles. The third kappa shape index (κ3) is 5.27. The van der Waals surface area contributed by atoms with Crippen molar-refractivity contribution in [2.75, 3.05) is 26.3 Å². The van der Waals surface area contributed by atoms with Gasteiger partial charge in [0.25, 0.3) is 5.91 Å². The lowest BCUT2D eigenvalue weighted by Gasteiger charge is -2.27. The van der Waals surface area contributed by atoms with Crippen molar-refractivity contribution in [3.05, 3.63) is 65.0 Å². The summed E-state index contributed by atoms with van der Waals surface area (Å²) < 4.78 is 43.0. The summed E-state index contributed by atoms with van der Waals surface area (Å²) in [4.78, 5) is 17.8. The number of rotatable bonds is 5. The third-order valence-corrected chi connectivity index (χ3v) is 4.37. The van der Waals surface area contributed by atoms with E-state index in [0.717, 1.165) is 49.1 Å². The van der Waals surface area contributed by atoms with Crippen molar-refractivity contribution in [3.8, 4) is 0 Å². The molecule has 0 unspecified atom stereocenters. The van der Waals surface area contributed by atoms with Crippen LogP contribution in [-0.2, 0) is 24.0 Å². The Hall–Kier alpha value is -2.45. The van der Waals surface area contributed by atoms with Gasteiger partial charge < -0.3 is 10.1 Å². The molecule has 5 nitrogen and oxygen atoms in total. The molecule has 1 saturated heterocycles. The zero-order chi connectivity index (χ0) is 19.3. The van der Waals surface area contributed by atoms with Gasteiger partial charge in [-0.3, -0.25) is 14.7 Å². The van der Waals surface area contributed by atoms with Gasteiger partial charge in [-0.25, -0.2) is 0 Å². The molecule has 2 aromatic rings. The van der Waals surface area contributed by atoms with Gasteiger partial charge in [0.1, 0.15) is 5.69 Å². The molecule has 0 saturated carbocycles. The smallest absolute Gasteiger partial charge is 0.379 e. The summed E-state index contributed by atoms with van der Waals surface area (Å²) in [6.07, 6.45) is -3.58. The number of pyridine rings is 1. The van der Waals surface area contributed by atoms with Gasteiger partial charge in [0.15, 0.2) is 0 Å². The van der Waals surface area contributed by atoms with Crippen LogP contribution in [0.4, 0.5) is 13.2 Å². The van der Waals surface area contributed by atoms with E-state index in [-0.39, 0.29) is 5.56 Å². The molecule has 0 aliphatic carbocycles. The summed E-state index contributed by atoms with van der Waals surface area (Å²) in [5.41, 5.74) is 1.14. The Morgan fingerprint density at radius 1 is 1.11 bits per heavy atom. The Morgan fingerprint density at radius 2 is 1.81 bits per heavy atom. The van der Waals surface area contributed by atoms with E-state index in [1.807, 2.05) is 24.3 Å². The molecular weight excluding hydrogens is 359 g/mol. The standard InChI is InChI=1S/C19H20F3N3O2/c20-19(21,22)17-6-5-15(12-23-17)18(26)24-11-14-3-1-2-4-16(14)13-25-7-9-27-10-8-25/h1-6,12H,7-11,13H2,(H,24,26). The minimum absolute atomic E-state index is 0.0914. The quantitative estimate of drug-likeness (QED) is 0.868. The summed E-state index contributed by atoms with van der Waals surface area (Å²) in [6, 6.07) is 9.72. The van der Waals surface area contributed by atoms with E-state index < -0.39 is 17.8 Å². The predicted molar refractivity (Wildman–Crippen MR) is 92.9 cm³/mol. The van der Waals surface area contributed by atoms with Gasteiger partial charge in [-0.2, -0.15) is 13.2 Å². The lowest BCUT2D eigenvalue weighted by atomic mass is 10.1. The van der Waals surface area contributed by atoms with Crippen molar-refractivity contribution in [2.24, 2.45) is 0 Å². The number of ether oxygens (including phenoxy) is 1. The zero-order valence-corrected chi connectivity index (χ0v) is 14.6. The fraction of sp³-hybridized carbons (Fsp3) is 0.368. The van der Waals surface area contributed by atoms with Gasteiger partial charge >= 0.3 is 6.18 Å². The van der Waals surface area contributed by atoms with Crippen LogP contribution in [0.1, 0.15) is 27.2 Å². The van der Waals surface area contributed by atoms with Crippen LogP contribution in [0.5, 0.6) is 0 Å². The second-order valence-corrected chi connectivity index (χ2v) is 6.27. The highest BCUT2D eigenvalue weighted by Crippen LogP contribution is 2.27. The maximum atomic E-state index is 12.6. The zero-order valence-electron chi connectivity index (χ0n) is 14.6. The topological polar surface area (TPSA) is 54.5 Å². The first kappa shape index (κ1) is 19.3. The van der Waals surface area contributed by atoms with E-state index in [2.05, 4.69) is 15.2 Å². The van der Waals surface area contributed by atoms with E-state index in [0.29, 0.717) is 19.8 Å². The number of nitrogens with one attached hydrogen (secondary N) is 1. The summed E-state index contributed by atoms with van der Waals surface area (Å²) in [7, 11) is 0. The number of carbonyl (C=O) groups excluding carboxylic acids is 1. The second kappa shape index (κ2) is 8.49. The van der Waals surface area contributed by atoms with E-state index in [1.165, 1.54) is 0 Å². The van der Waals surface area contributed by atoms with Crippen LogP contribution in [0, 0.1) is 0 Å². The van der Waals surface area contributed by atoms with Crippen molar-refractivity contribution in [1.82, 2.24) is 15.2 Å². The molecule has 1 aliphatic heterocycles. The summed E-state index contributed by atoms with van der Waals surface area (Å²) >= 11 is 0. The maximum absolute atomic E-state index is 12.6. The van der Waals surface area contributed by atoms with Crippen molar-refractivity contribution in [1.29, 1.82) is 0 Å². The third-order valence-electron chi connectivity index (χ3n) is 4.37. The number of benzene rings is 1. The highest BCUT2D eigenvalue weighted by Gasteiger charge is 2.32. The molecule has 144 valence electrons. The van der Waals surface area contributed by atoms with Gasteiger partial charge in [-0.1, -0.05) is 24.3 Å². The first-order valence-electron chi connectivity index (χ1n) is 8.62. The second-order valence-electron chi connectivity index (χ2n) is 6.27. The molecule has 1 aliphatic rings. The highest BCUT2D eigenvalue weighted by atomic mass is 19.4. The first-order chi connectivity index (χ1) is 12.9. The molecule has 0 atom stereocenters. The van der Waals surface area contributed by atoms with Gasteiger partial charge in [-0.15, -0.1) is 0 Å². The maximum Gasteiger partial charge on any atom is 0.433 e. The Morgan fingerprint density at radius 3 is 2.44 bits per heavy atom. The number of carbonyl (C=O) groups is 1. The Labute approximate surface area is 155 Å². The Bertz CT molecular complexity index is 773. The minimum atomic E-state index is -4.52. The van der Waals surface area contributed by atoms with Crippen LogP contribution in [-0.4, -0.2) is 42.1 Å². The van der Waals surface area contributed by atoms with Gasteiger partial charge in [0.2, 0.25) is 0 Å². The van der Waals surface area contributed by atoms with Crippen LogP contribution in [0.15, 0.2) is 42.6 Å². The van der Waals surface area contributed by atoms with E-state index in [9.17, 15) is 18.0 Å². The number of hydrogen-bond acceptors (Lipinski definition) is 4. The lowest BCUT2D eigenvalue weighted by Crippen LogP contribution is -2.36. The Balaban J connectivity index is 1.61. The van der Waals surface area contributed by atoms with E-state index in [4.69, 9.17) is 4.74 Å². The van der Waals surface area contributed by atoms with E-state index in [1.54, 1.807) is 0 Å². The van der Waals surface area contributed by atoms with Gasteiger partial charge in [0, 0.05) is 32.4 Å². The fourth-order valence-electron chi connectivity index (χ4n) is 2.86. The first-order valence-corrected chi connectivity index (χ1v) is 8.62. The number of aromatic nitrogens is 1. The van der Waals surface area contributed by atoms with Crippen LogP contribution >= 0.6 is 0 Å². The summed E-state index contributed by atoms with van der Waals surface area (Å²) in [6.45, 7) is 4.19. The number of alkyl halides is 3. The summed E-state index contributed by atoms with van der Waals surface area (Å²) in [5, 5.41) is 2.75. The molecule has 8 heteroatoms. The van der Waals surface area contributed by atoms with Crippen LogP contribution in [0.25, 0.3) is 0 Å². The van der Waals surface area contributed by atoms with Crippen LogP contribution in [0.2, 0.25) is 0 Å². The van der Waals surface area contributed by atoms with E-state index >= 15 is 0 Å². The monoisotopic (exact) mass is 379 g/mol. The molecule has 1 amide bonds. The van der Waals surface area contributed by atoms with Crippen molar-refractivity contribution >= 4 is 5.91 Å². The molecule has 2 heterocycles. The molecule has 0 bridgehead atoms. The normalized spacial score (nSPS) is 15.5. The van der Waals surface area contributed by atoms with Crippen LogP contribution in [0.3, 0.4) is 0 Å².